The van der Waals surface area contributed by atoms with Crippen LogP contribution in [0.3, 0.4) is 0 Å². The van der Waals surface area contributed by atoms with Crippen LogP contribution >= 0.6 is 0 Å². The summed E-state index contributed by atoms with van der Waals surface area (Å²) < 4.78 is 4.69. The molecule has 0 saturated carbocycles. The van der Waals surface area contributed by atoms with E-state index in [-0.39, 0.29) is 6.61 Å². The summed E-state index contributed by atoms with van der Waals surface area (Å²) >= 11 is 0. The number of hydrogen-bond acceptors (Lipinski definition) is 3. The second kappa shape index (κ2) is 6.58. The van der Waals surface area contributed by atoms with Crippen LogP contribution in [-0.2, 0) is 4.74 Å². The molecule has 3 heteroatoms. The molecule has 11 heavy (non-hydrogen) atoms. The highest BCUT2D eigenvalue weighted by atomic mass is 16.5. The molecule has 0 aromatic heterocycles. The van der Waals surface area contributed by atoms with Crippen molar-refractivity contribution in [2.45, 2.75) is 38.4 Å². The molecule has 0 bridgehead atoms. The van der Waals surface area contributed by atoms with Gasteiger partial charge in [-0.25, -0.2) is 0 Å². The Kier molecular flexibility index (Phi) is 6.51. The normalized spacial score (nSPS) is 16.4. The fourth-order valence-electron chi connectivity index (χ4n) is 0.887. The molecule has 0 aliphatic carbocycles. The largest absolute Gasteiger partial charge is 0.390 e. The SMILES string of the molecule is CCCCC(O)C(O)COC. The van der Waals surface area contributed by atoms with Gasteiger partial charge in [-0.15, -0.1) is 0 Å². The molecule has 0 heterocycles. The van der Waals surface area contributed by atoms with Crippen molar-refractivity contribution in [1.29, 1.82) is 0 Å². The molecule has 0 saturated heterocycles. The minimum atomic E-state index is -0.730. The van der Waals surface area contributed by atoms with Gasteiger partial charge in [0.1, 0.15) is 6.10 Å². The number of aliphatic hydroxyl groups excluding tert-OH is 2. The highest BCUT2D eigenvalue weighted by Crippen LogP contribution is 2.04. The summed E-state index contributed by atoms with van der Waals surface area (Å²) in [7, 11) is 1.51. The average Bonchev–Trinajstić information content (AvgIpc) is 2.00. The molecule has 2 unspecified atom stereocenters. The summed E-state index contributed by atoms with van der Waals surface area (Å²) in [5, 5.41) is 18.4. The molecule has 3 nitrogen and oxygen atoms in total. The Morgan fingerprint density at radius 1 is 1.27 bits per heavy atom. The maximum absolute atomic E-state index is 9.25. The molecule has 0 aliphatic rings. The fraction of sp³-hybridized carbons (Fsp3) is 1.00. The van der Waals surface area contributed by atoms with Crippen molar-refractivity contribution in [1.82, 2.24) is 0 Å². The predicted octanol–water partition coefficient (Wildman–Crippen LogP) is 0.545. The Morgan fingerprint density at radius 3 is 2.36 bits per heavy atom. The van der Waals surface area contributed by atoms with Gasteiger partial charge < -0.3 is 14.9 Å². The third-order valence-corrected chi connectivity index (χ3v) is 1.64. The Morgan fingerprint density at radius 2 is 1.91 bits per heavy atom. The quantitative estimate of drug-likeness (QED) is 0.599. The number of aliphatic hydroxyl groups is 2. The second-order valence-electron chi connectivity index (χ2n) is 2.73. The molecule has 2 atom stereocenters. The zero-order chi connectivity index (χ0) is 8.69. The Labute approximate surface area is 68.0 Å². The van der Waals surface area contributed by atoms with E-state index in [0.717, 1.165) is 12.8 Å². The van der Waals surface area contributed by atoms with Gasteiger partial charge in [0.2, 0.25) is 0 Å². The van der Waals surface area contributed by atoms with E-state index in [1.54, 1.807) is 0 Å². The van der Waals surface area contributed by atoms with Crippen molar-refractivity contribution in [2.24, 2.45) is 0 Å². The Hall–Kier alpha value is -0.120. The molecule has 0 spiro atoms. The molecule has 0 aromatic rings. The summed E-state index contributed by atoms with van der Waals surface area (Å²) in [6.45, 7) is 2.26. The van der Waals surface area contributed by atoms with Crippen LogP contribution in [0.25, 0.3) is 0 Å². The van der Waals surface area contributed by atoms with Gasteiger partial charge in [-0.05, 0) is 6.42 Å². The smallest absolute Gasteiger partial charge is 0.103 e. The summed E-state index contributed by atoms with van der Waals surface area (Å²) in [5.74, 6) is 0. The van der Waals surface area contributed by atoms with Crippen molar-refractivity contribution < 1.29 is 14.9 Å². The lowest BCUT2D eigenvalue weighted by Crippen LogP contribution is -2.29. The molecule has 68 valence electrons. The highest BCUT2D eigenvalue weighted by molar-refractivity contribution is 4.65. The third kappa shape index (κ3) is 5.18. The molecule has 0 radical (unpaired) electrons. The topological polar surface area (TPSA) is 49.7 Å². The minimum Gasteiger partial charge on any atom is -0.390 e. The van der Waals surface area contributed by atoms with Crippen LogP contribution in [0.5, 0.6) is 0 Å². The Bertz CT molecular complexity index is 85.4. The van der Waals surface area contributed by atoms with Gasteiger partial charge in [-0.1, -0.05) is 19.8 Å². The van der Waals surface area contributed by atoms with E-state index in [4.69, 9.17) is 9.84 Å². The molecule has 0 fully saturated rings. The monoisotopic (exact) mass is 162 g/mol. The van der Waals surface area contributed by atoms with Gasteiger partial charge in [0.25, 0.3) is 0 Å². The average molecular weight is 162 g/mol. The molecule has 0 amide bonds. The lowest BCUT2D eigenvalue weighted by molar-refractivity contribution is -0.0298. The van der Waals surface area contributed by atoms with Gasteiger partial charge in [0, 0.05) is 7.11 Å². The number of unbranched alkanes of at least 4 members (excludes halogenated alkanes) is 1. The van der Waals surface area contributed by atoms with E-state index in [1.165, 1.54) is 7.11 Å². The summed E-state index contributed by atoms with van der Waals surface area (Å²) in [6, 6.07) is 0. The summed E-state index contributed by atoms with van der Waals surface area (Å²) in [6.07, 6.45) is 1.28. The van der Waals surface area contributed by atoms with Crippen molar-refractivity contribution in [3.05, 3.63) is 0 Å². The van der Waals surface area contributed by atoms with Gasteiger partial charge >= 0.3 is 0 Å². The molecule has 2 N–H and O–H groups in total. The van der Waals surface area contributed by atoms with Crippen LogP contribution in [0.4, 0.5) is 0 Å². The first-order valence-corrected chi connectivity index (χ1v) is 4.07. The minimum absolute atomic E-state index is 0.213. The molecule has 0 rings (SSSR count). The van der Waals surface area contributed by atoms with E-state index in [1.807, 2.05) is 0 Å². The molecule has 0 aromatic carbocycles. The zero-order valence-electron chi connectivity index (χ0n) is 7.29. The standard InChI is InChI=1S/C8H18O3/c1-3-4-5-7(9)8(10)6-11-2/h7-10H,3-6H2,1-2H3. The number of methoxy groups -OCH3 is 1. The first kappa shape index (κ1) is 10.9. The van der Waals surface area contributed by atoms with E-state index in [0.29, 0.717) is 6.42 Å². The lowest BCUT2D eigenvalue weighted by atomic mass is 10.1. The molecular weight excluding hydrogens is 144 g/mol. The van der Waals surface area contributed by atoms with E-state index in [9.17, 15) is 5.11 Å². The Balaban J connectivity index is 3.38. The van der Waals surface area contributed by atoms with Crippen LogP contribution in [-0.4, -0.2) is 36.1 Å². The fourth-order valence-corrected chi connectivity index (χ4v) is 0.887. The van der Waals surface area contributed by atoms with Crippen molar-refractivity contribution in [3.63, 3.8) is 0 Å². The zero-order valence-corrected chi connectivity index (χ0v) is 7.29. The van der Waals surface area contributed by atoms with E-state index in [2.05, 4.69) is 6.92 Å². The van der Waals surface area contributed by atoms with Gasteiger partial charge in [0.15, 0.2) is 0 Å². The highest BCUT2D eigenvalue weighted by Gasteiger charge is 2.14. The van der Waals surface area contributed by atoms with Crippen molar-refractivity contribution in [3.8, 4) is 0 Å². The first-order chi connectivity index (χ1) is 5.22. The lowest BCUT2D eigenvalue weighted by Gasteiger charge is -2.15. The van der Waals surface area contributed by atoms with Crippen LogP contribution < -0.4 is 0 Å². The van der Waals surface area contributed by atoms with Crippen LogP contribution in [0.2, 0.25) is 0 Å². The predicted molar refractivity (Wildman–Crippen MR) is 43.4 cm³/mol. The van der Waals surface area contributed by atoms with Gasteiger partial charge in [0.05, 0.1) is 12.7 Å². The molecular formula is C8H18O3. The first-order valence-electron chi connectivity index (χ1n) is 4.07. The van der Waals surface area contributed by atoms with Crippen molar-refractivity contribution in [2.75, 3.05) is 13.7 Å². The number of ether oxygens (including phenoxy) is 1. The van der Waals surface area contributed by atoms with Gasteiger partial charge in [-0.2, -0.15) is 0 Å². The van der Waals surface area contributed by atoms with Crippen LogP contribution in [0.1, 0.15) is 26.2 Å². The van der Waals surface area contributed by atoms with Crippen LogP contribution in [0, 0.1) is 0 Å². The van der Waals surface area contributed by atoms with E-state index < -0.39 is 12.2 Å². The maximum atomic E-state index is 9.25. The van der Waals surface area contributed by atoms with Gasteiger partial charge in [-0.3, -0.25) is 0 Å². The van der Waals surface area contributed by atoms with Crippen LogP contribution in [0.15, 0.2) is 0 Å². The second-order valence-corrected chi connectivity index (χ2v) is 2.73. The summed E-state index contributed by atoms with van der Waals surface area (Å²) in [4.78, 5) is 0. The third-order valence-electron chi connectivity index (χ3n) is 1.64. The number of rotatable bonds is 6. The number of hydrogen-bond donors (Lipinski definition) is 2. The summed E-state index contributed by atoms with van der Waals surface area (Å²) in [5.41, 5.74) is 0. The maximum Gasteiger partial charge on any atom is 0.103 e. The van der Waals surface area contributed by atoms with E-state index >= 15 is 0 Å². The molecule has 0 aliphatic heterocycles. The van der Waals surface area contributed by atoms with Crippen molar-refractivity contribution >= 4 is 0 Å².